The number of fused-ring (bicyclic) bond motifs is 1. The summed E-state index contributed by atoms with van der Waals surface area (Å²) >= 11 is 0. The molecule has 3 N–H and O–H groups in total. The van der Waals surface area contributed by atoms with E-state index in [0.717, 1.165) is 30.9 Å². The first-order valence-electron chi connectivity index (χ1n) is 10.6. The number of rotatable bonds is 6. The zero-order valence-corrected chi connectivity index (χ0v) is 20.2. The fraction of sp³-hybridized carbons (Fsp3) is 0.333. The molecule has 0 amide bonds. The summed E-state index contributed by atoms with van der Waals surface area (Å²) in [4.78, 5) is 4.36. The molecule has 31 heavy (non-hydrogen) atoms. The number of halogens is 1. The van der Waals surface area contributed by atoms with Crippen LogP contribution in [0.4, 0.5) is 0 Å². The van der Waals surface area contributed by atoms with Crippen LogP contribution in [0.15, 0.2) is 59.9 Å². The summed E-state index contributed by atoms with van der Waals surface area (Å²) in [6, 6.07) is 14.2. The number of hydrogen-bond donors (Lipinski definition) is 3. The topological polar surface area (TPSA) is 74.5 Å². The second kappa shape index (κ2) is 11.2. The number of aromatic hydroxyl groups is 1. The average Bonchev–Trinajstić information content (AvgIpc) is 3.29. The third-order valence-electron chi connectivity index (χ3n) is 5.74. The van der Waals surface area contributed by atoms with Crippen molar-refractivity contribution in [1.82, 2.24) is 20.4 Å². The Morgan fingerprint density at radius 2 is 1.81 bits per heavy atom. The SMILES string of the molecule is CN=C(NCc1ccccc1Cn1cccn1)NCc1c(O)ccc2c1CCCC2.I. The summed E-state index contributed by atoms with van der Waals surface area (Å²) in [5.41, 5.74) is 6.09. The number of aromatic nitrogens is 2. The maximum absolute atomic E-state index is 10.4. The molecule has 0 saturated carbocycles. The summed E-state index contributed by atoms with van der Waals surface area (Å²) in [7, 11) is 1.77. The van der Waals surface area contributed by atoms with Crippen molar-refractivity contribution in [3.63, 3.8) is 0 Å². The summed E-state index contributed by atoms with van der Waals surface area (Å²) < 4.78 is 1.92. The van der Waals surface area contributed by atoms with E-state index in [4.69, 9.17) is 0 Å². The highest BCUT2D eigenvalue weighted by Crippen LogP contribution is 2.30. The lowest BCUT2D eigenvalue weighted by molar-refractivity contribution is 0.464. The van der Waals surface area contributed by atoms with E-state index in [1.165, 1.54) is 35.1 Å². The second-order valence-corrected chi connectivity index (χ2v) is 7.66. The molecule has 7 heteroatoms. The molecule has 3 aromatic rings. The van der Waals surface area contributed by atoms with Crippen LogP contribution in [0.3, 0.4) is 0 Å². The van der Waals surface area contributed by atoms with Crippen LogP contribution in [0.2, 0.25) is 0 Å². The number of benzene rings is 2. The van der Waals surface area contributed by atoms with E-state index in [-0.39, 0.29) is 24.0 Å². The Morgan fingerprint density at radius 1 is 1.03 bits per heavy atom. The fourth-order valence-electron chi connectivity index (χ4n) is 4.11. The van der Waals surface area contributed by atoms with Gasteiger partial charge in [0.1, 0.15) is 5.75 Å². The van der Waals surface area contributed by atoms with Gasteiger partial charge in [-0.1, -0.05) is 30.3 Å². The third-order valence-corrected chi connectivity index (χ3v) is 5.74. The molecule has 0 unspecified atom stereocenters. The third kappa shape index (κ3) is 5.78. The van der Waals surface area contributed by atoms with Crippen molar-refractivity contribution in [1.29, 1.82) is 0 Å². The van der Waals surface area contributed by atoms with E-state index in [1.54, 1.807) is 13.2 Å². The van der Waals surface area contributed by atoms with E-state index in [0.29, 0.717) is 18.8 Å². The van der Waals surface area contributed by atoms with Gasteiger partial charge in [0.2, 0.25) is 0 Å². The monoisotopic (exact) mass is 531 g/mol. The lowest BCUT2D eigenvalue weighted by atomic mass is 9.88. The lowest BCUT2D eigenvalue weighted by Gasteiger charge is -2.21. The number of nitrogens with zero attached hydrogens (tertiary/aromatic N) is 3. The molecule has 0 bridgehead atoms. The highest BCUT2D eigenvalue weighted by atomic mass is 127. The normalized spacial score (nSPS) is 13.3. The van der Waals surface area contributed by atoms with E-state index >= 15 is 0 Å². The van der Waals surface area contributed by atoms with Crippen molar-refractivity contribution in [3.8, 4) is 5.75 Å². The van der Waals surface area contributed by atoms with Crippen LogP contribution in [0.5, 0.6) is 5.75 Å². The molecule has 1 heterocycles. The minimum atomic E-state index is 0. The van der Waals surface area contributed by atoms with Crippen LogP contribution in [0.1, 0.15) is 40.7 Å². The van der Waals surface area contributed by atoms with Gasteiger partial charge in [-0.2, -0.15) is 5.10 Å². The number of nitrogens with one attached hydrogen (secondary N) is 2. The maximum Gasteiger partial charge on any atom is 0.191 e. The lowest BCUT2D eigenvalue weighted by Crippen LogP contribution is -2.37. The first-order valence-corrected chi connectivity index (χ1v) is 10.6. The Morgan fingerprint density at radius 3 is 2.58 bits per heavy atom. The largest absolute Gasteiger partial charge is 0.508 e. The summed E-state index contributed by atoms with van der Waals surface area (Å²) in [5, 5.41) is 21.5. The molecule has 0 spiro atoms. The summed E-state index contributed by atoms with van der Waals surface area (Å²) in [6.45, 7) is 1.96. The van der Waals surface area contributed by atoms with Gasteiger partial charge in [0.05, 0.1) is 6.54 Å². The van der Waals surface area contributed by atoms with Gasteiger partial charge in [0.15, 0.2) is 5.96 Å². The maximum atomic E-state index is 10.4. The number of hydrogen-bond acceptors (Lipinski definition) is 3. The van der Waals surface area contributed by atoms with Crippen molar-refractivity contribution in [2.75, 3.05) is 7.05 Å². The van der Waals surface area contributed by atoms with Crippen molar-refractivity contribution in [3.05, 3.63) is 82.7 Å². The molecule has 0 aliphatic heterocycles. The van der Waals surface area contributed by atoms with Gasteiger partial charge in [-0.05, 0) is 60.1 Å². The molecule has 1 aliphatic carbocycles. The Balaban J connectivity index is 0.00000272. The van der Waals surface area contributed by atoms with E-state index < -0.39 is 0 Å². The van der Waals surface area contributed by atoms with Gasteiger partial charge in [0.25, 0.3) is 0 Å². The Bertz CT molecular complexity index is 1020. The first kappa shape index (κ1) is 23.1. The predicted molar refractivity (Wildman–Crippen MR) is 135 cm³/mol. The van der Waals surface area contributed by atoms with Gasteiger partial charge < -0.3 is 15.7 Å². The molecule has 0 radical (unpaired) electrons. The minimum absolute atomic E-state index is 0. The predicted octanol–water partition coefficient (Wildman–Crippen LogP) is 4.00. The van der Waals surface area contributed by atoms with Gasteiger partial charge in [-0.25, -0.2) is 0 Å². The first-order chi connectivity index (χ1) is 14.7. The molecule has 0 atom stereocenters. The average molecular weight is 531 g/mol. The van der Waals surface area contributed by atoms with Crippen LogP contribution in [-0.4, -0.2) is 27.9 Å². The summed E-state index contributed by atoms with van der Waals surface area (Å²) in [6.07, 6.45) is 8.31. The van der Waals surface area contributed by atoms with Gasteiger partial charge in [0, 0.05) is 38.1 Å². The molecule has 1 aromatic heterocycles. The number of aryl methyl sites for hydroxylation is 1. The van der Waals surface area contributed by atoms with Crippen LogP contribution >= 0.6 is 24.0 Å². The summed E-state index contributed by atoms with van der Waals surface area (Å²) in [5.74, 6) is 1.08. The Labute approximate surface area is 200 Å². The van der Waals surface area contributed by atoms with Gasteiger partial charge in [-0.3, -0.25) is 9.67 Å². The van der Waals surface area contributed by atoms with Crippen LogP contribution < -0.4 is 10.6 Å². The molecular weight excluding hydrogens is 501 g/mol. The van der Waals surface area contributed by atoms with Crippen molar-refractivity contribution in [2.45, 2.75) is 45.3 Å². The molecule has 164 valence electrons. The zero-order valence-electron chi connectivity index (χ0n) is 17.8. The minimum Gasteiger partial charge on any atom is -0.508 e. The highest BCUT2D eigenvalue weighted by molar-refractivity contribution is 14.0. The van der Waals surface area contributed by atoms with E-state index in [2.05, 4.69) is 45.0 Å². The number of phenolic OH excluding ortho intramolecular Hbond substituents is 1. The number of guanidine groups is 1. The zero-order chi connectivity index (χ0) is 20.8. The number of aliphatic imine (C=N–C) groups is 1. The van der Waals surface area contributed by atoms with Crippen molar-refractivity contribution < 1.29 is 5.11 Å². The standard InChI is InChI=1S/C24H29N5O.HI/c1-25-24(27-16-22-21-10-5-4-7-18(21)11-12-23(22)30)26-15-19-8-2-3-9-20(19)17-29-14-6-13-28-29;/h2-3,6,8-9,11-14,30H,4-5,7,10,15-17H2,1H3,(H2,25,26,27);1H. The van der Waals surface area contributed by atoms with Crippen LogP contribution in [-0.2, 0) is 32.5 Å². The smallest absolute Gasteiger partial charge is 0.191 e. The quantitative estimate of drug-likeness (QED) is 0.256. The molecule has 0 fully saturated rings. The molecular formula is C24H30IN5O. The van der Waals surface area contributed by atoms with Crippen LogP contribution in [0.25, 0.3) is 0 Å². The molecule has 2 aromatic carbocycles. The van der Waals surface area contributed by atoms with Gasteiger partial charge >= 0.3 is 0 Å². The van der Waals surface area contributed by atoms with Crippen molar-refractivity contribution >= 4 is 29.9 Å². The molecule has 0 saturated heterocycles. The number of phenols is 1. The molecule has 1 aliphatic rings. The van der Waals surface area contributed by atoms with E-state index in [1.807, 2.05) is 29.1 Å². The Hall–Kier alpha value is -2.55. The second-order valence-electron chi connectivity index (χ2n) is 7.66. The van der Waals surface area contributed by atoms with Gasteiger partial charge in [-0.15, -0.1) is 24.0 Å². The molecule has 6 nitrogen and oxygen atoms in total. The Kier molecular flexibility index (Phi) is 8.34. The van der Waals surface area contributed by atoms with Crippen molar-refractivity contribution in [2.24, 2.45) is 4.99 Å². The fourth-order valence-corrected chi connectivity index (χ4v) is 4.11. The highest BCUT2D eigenvalue weighted by Gasteiger charge is 2.16. The van der Waals surface area contributed by atoms with Crippen LogP contribution in [0, 0.1) is 0 Å². The molecule has 4 rings (SSSR count). The van der Waals surface area contributed by atoms with E-state index in [9.17, 15) is 5.11 Å².